The Hall–Kier alpha value is -1.43. The van der Waals surface area contributed by atoms with Crippen molar-refractivity contribution in [3.05, 3.63) is 35.8 Å². The highest BCUT2D eigenvalue weighted by molar-refractivity contribution is 5.78. The smallest absolute Gasteiger partial charge is 0.134 e. The number of nitrogens with one attached hydrogen (secondary N) is 1. The number of fused-ring (bicyclic) bond motifs is 1. The number of halogens is 1. The molecular weight excluding hydrogens is 247 g/mol. The molecule has 1 aromatic carbocycles. The van der Waals surface area contributed by atoms with E-state index in [0.717, 1.165) is 17.6 Å². The highest BCUT2D eigenvalue weighted by Crippen LogP contribution is 2.34. The molecule has 0 saturated carbocycles. The first-order chi connectivity index (χ1) is 9.17. The second kappa shape index (κ2) is 4.92. The van der Waals surface area contributed by atoms with Crippen molar-refractivity contribution in [3.63, 3.8) is 0 Å². The third-order valence-electron chi connectivity index (χ3n) is 3.68. The molecule has 1 saturated heterocycles. The Bertz CT molecular complexity index is 584. The van der Waals surface area contributed by atoms with Crippen LogP contribution in [0.5, 0.6) is 0 Å². The number of furan rings is 1. The van der Waals surface area contributed by atoms with E-state index >= 15 is 0 Å². The zero-order chi connectivity index (χ0) is 13.4. The fourth-order valence-corrected chi connectivity index (χ4v) is 2.72. The molecule has 4 nitrogen and oxygen atoms in total. The van der Waals surface area contributed by atoms with Gasteiger partial charge in [-0.1, -0.05) is 0 Å². The predicted octanol–water partition coefficient (Wildman–Crippen LogP) is 2.50. The summed E-state index contributed by atoms with van der Waals surface area (Å²) in [6.07, 6.45) is 1.17. The first-order valence-corrected chi connectivity index (χ1v) is 6.44. The Labute approximate surface area is 110 Å². The van der Waals surface area contributed by atoms with Crippen molar-refractivity contribution in [2.75, 3.05) is 6.61 Å². The average molecular weight is 264 g/mol. The number of ether oxygens (including phenoxy) is 1. The first kappa shape index (κ1) is 12.6. The molecule has 1 aromatic heterocycles. The topological polar surface area (TPSA) is 60.4 Å². The van der Waals surface area contributed by atoms with E-state index in [2.05, 4.69) is 5.43 Å². The molecule has 3 unspecified atom stereocenters. The Morgan fingerprint density at radius 2 is 2.26 bits per heavy atom. The molecule has 3 atom stereocenters. The van der Waals surface area contributed by atoms with Crippen LogP contribution in [0.3, 0.4) is 0 Å². The largest absolute Gasteiger partial charge is 0.459 e. The second-order valence-corrected chi connectivity index (χ2v) is 5.11. The lowest BCUT2D eigenvalue weighted by molar-refractivity contribution is 0.116. The number of hydrogen-bond donors (Lipinski definition) is 2. The van der Waals surface area contributed by atoms with E-state index in [9.17, 15) is 4.39 Å². The van der Waals surface area contributed by atoms with Crippen molar-refractivity contribution in [1.82, 2.24) is 5.43 Å². The van der Waals surface area contributed by atoms with Gasteiger partial charge in [0.15, 0.2) is 0 Å². The van der Waals surface area contributed by atoms with Gasteiger partial charge in [-0.2, -0.15) is 0 Å². The van der Waals surface area contributed by atoms with Crippen LogP contribution >= 0.6 is 0 Å². The molecule has 2 aromatic rings. The number of hydrazine groups is 1. The van der Waals surface area contributed by atoms with Crippen molar-refractivity contribution >= 4 is 11.0 Å². The van der Waals surface area contributed by atoms with E-state index in [4.69, 9.17) is 15.0 Å². The van der Waals surface area contributed by atoms with Gasteiger partial charge >= 0.3 is 0 Å². The molecule has 0 amide bonds. The third-order valence-corrected chi connectivity index (χ3v) is 3.68. The van der Waals surface area contributed by atoms with Crippen LogP contribution in [0.4, 0.5) is 4.39 Å². The zero-order valence-electron chi connectivity index (χ0n) is 10.7. The number of benzene rings is 1. The molecular formula is C14H17FN2O2. The van der Waals surface area contributed by atoms with E-state index in [1.165, 1.54) is 12.1 Å². The summed E-state index contributed by atoms with van der Waals surface area (Å²) < 4.78 is 24.5. The van der Waals surface area contributed by atoms with Crippen LogP contribution < -0.4 is 11.3 Å². The van der Waals surface area contributed by atoms with E-state index in [0.29, 0.717) is 12.2 Å². The molecule has 0 bridgehead atoms. The lowest BCUT2D eigenvalue weighted by atomic mass is 9.95. The Morgan fingerprint density at radius 3 is 2.95 bits per heavy atom. The second-order valence-electron chi connectivity index (χ2n) is 5.11. The van der Waals surface area contributed by atoms with E-state index in [-0.39, 0.29) is 23.9 Å². The van der Waals surface area contributed by atoms with Gasteiger partial charge in [-0.05, 0) is 37.6 Å². The lowest BCUT2D eigenvalue weighted by Gasteiger charge is -2.18. The van der Waals surface area contributed by atoms with Gasteiger partial charge in [0.25, 0.3) is 0 Å². The Balaban J connectivity index is 1.92. The molecule has 19 heavy (non-hydrogen) atoms. The Morgan fingerprint density at radius 1 is 1.42 bits per heavy atom. The normalized spacial score (nSPS) is 25.0. The molecule has 3 N–H and O–H groups in total. The van der Waals surface area contributed by atoms with Crippen molar-refractivity contribution in [2.24, 2.45) is 11.8 Å². The van der Waals surface area contributed by atoms with Crippen molar-refractivity contribution < 1.29 is 13.5 Å². The van der Waals surface area contributed by atoms with Crippen LogP contribution in [0.1, 0.15) is 25.1 Å². The highest BCUT2D eigenvalue weighted by Gasteiger charge is 2.32. The molecule has 1 aliphatic heterocycles. The summed E-state index contributed by atoms with van der Waals surface area (Å²) in [4.78, 5) is 0. The summed E-state index contributed by atoms with van der Waals surface area (Å²) in [5.74, 6) is 6.37. The molecule has 0 aliphatic carbocycles. The zero-order valence-corrected chi connectivity index (χ0v) is 10.7. The van der Waals surface area contributed by atoms with Gasteiger partial charge < -0.3 is 9.15 Å². The fraction of sp³-hybridized carbons (Fsp3) is 0.429. The molecule has 0 spiro atoms. The summed E-state index contributed by atoms with van der Waals surface area (Å²) in [6.45, 7) is 2.70. The van der Waals surface area contributed by atoms with Crippen molar-refractivity contribution in [2.45, 2.75) is 25.5 Å². The summed E-state index contributed by atoms with van der Waals surface area (Å²) in [7, 11) is 0. The molecule has 2 heterocycles. The molecule has 102 valence electrons. The minimum absolute atomic E-state index is 0.111. The van der Waals surface area contributed by atoms with Crippen LogP contribution in [0.15, 0.2) is 28.7 Å². The van der Waals surface area contributed by atoms with E-state index in [1.54, 1.807) is 6.07 Å². The minimum atomic E-state index is -0.269. The van der Waals surface area contributed by atoms with Crippen LogP contribution in [0.2, 0.25) is 0 Å². The maximum absolute atomic E-state index is 13.2. The maximum atomic E-state index is 13.2. The van der Waals surface area contributed by atoms with Crippen LogP contribution in [0, 0.1) is 11.7 Å². The van der Waals surface area contributed by atoms with Gasteiger partial charge in [0.1, 0.15) is 17.2 Å². The number of nitrogens with two attached hydrogens (primary N) is 1. The molecule has 0 radical (unpaired) electrons. The minimum Gasteiger partial charge on any atom is -0.459 e. The van der Waals surface area contributed by atoms with Crippen molar-refractivity contribution in [1.29, 1.82) is 0 Å². The lowest BCUT2D eigenvalue weighted by Crippen LogP contribution is -2.33. The van der Waals surface area contributed by atoms with Crippen LogP contribution in [-0.2, 0) is 4.74 Å². The molecule has 3 rings (SSSR count). The highest BCUT2D eigenvalue weighted by atomic mass is 19.1. The molecule has 1 aliphatic rings. The predicted molar refractivity (Wildman–Crippen MR) is 69.8 cm³/mol. The summed E-state index contributed by atoms with van der Waals surface area (Å²) in [6, 6.07) is 6.22. The quantitative estimate of drug-likeness (QED) is 0.660. The van der Waals surface area contributed by atoms with Gasteiger partial charge in [0.05, 0.1) is 18.8 Å². The summed E-state index contributed by atoms with van der Waals surface area (Å²) in [5.41, 5.74) is 3.46. The SMILES string of the molecule is CC1CC(C(NN)c2cc3cc(F)ccc3o2)CO1. The monoisotopic (exact) mass is 264 g/mol. The third kappa shape index (κ3) is 2.36. The fourth-order valence-electron chi connectivity index (χ4n) is 2.72. The van der Waals surface area contributed by atoms with Gasteiger partial charge in [-0.3, -0.25) is 5.84 Å². The molecule has 5 heteroatoms. The van der Waals surface area contributed by atoms with Gasteiger partial charge in [0, 0.05) is 11.3 Å². The average Bonchev–Trinajstić information content (AvgIpc) is 2.96. The number of hydrogen-bond acceptors (Lipinski definition) is 4. The summed E-state index contributed by atoms with van der Waals surface area (Å²) >= 11 is 0. The van der Waals surface area contributed by atoms with Crippen LogP contribution in [-0.4, -0.2) is 12.7 Å². The maximum Gasteiger partial charge on any atom is 0.134 e. The van der Waals surface area contributed by atoms with E-state index in [1.807, 2.05) is 13.0 Å². The van der Waals surface area contributed by atoms with Gasteiger partial charge in [-0.15, -0.1) is 0 Å². The van der Waals surface area contributed by atoms with Crippen molar-refractivity contribution in [3.8, 4) is 0 Å². The van der Waals surface area contributed by atoms with E-state index < -0.39 is 0 Å². The van der Waals surface area contributed by atoms with Crippen LogP contribution in [0.25, 0.3) is 11.0 Å². The molecule has 1 fully saturated rings. The van der Waals surface area contributed by atoms with Gasteiger partial charge in [0.2, 0.25) is 0 Å². The van der Waals surface area contributed by atoms with Gasteiger partial charge in [-0.25, -0.2) is 9.82 Å². The Kier molecular flexibility index (Phi) is 3.26. The summed E-state index contributed by atoms with van der Waals surface area (Å²) in [5, 5.41) is 0.752. The standard InChI is InChI=1S/C14H17FN2O2/c1-8-4-10(7-18-8)14(17-16)13-6-9-5-11(15)2-3-12(9)19-13/h2-3,5-6,8,10,14,17H,4,7,16H2,1H3. The number of rotatable bonds is 3. The first-order valence-electron chi connectivity index (χ1n) is 6.44.